The van der Waals surface area contributed by atoms with E-state index < -0.39 is 0 Å². The largest absolute Gasteiger partial charge is 0.393 e. The zero-order valence-electron chi connectivity index (χ0n) is 8.75. The van der Waals surface area contributed by atoms with E-state index in [0.717, 1.165) is 25.7 Å². The third kappa shape index (κ3) is 4.07. The van der Waals surface area contributed by atoms with Crippen LogP contribution in [0.5, 0.6) is 0 Å². The highest BCUT2D eigenvalue weighted by atomic mass is 16.3. The fourth-order valence-corrected chi connectivity index (χ4v) is 1.78. The molecule has 1 saturated carbocycles. The molecule has 3 N–H and O–H groups in total. The maximum atomic E-state index is 11.1. The van der Waals surface area contributed by atoms with E-state index in [4.69, 9.17) is 0 Å². The Hall–Kier alpha value is -0.610. The van der Waals surface area contributed by atoms with Gasteiger partial charge < -0.3 is 15.7 Å². The second kappa shape index (κ2) is 5.98. The first-order valence-corrected chi connectivity index (χ1v) is 5.40. The molecule has 1 fully saturated rings. The van der Waals surface area contributed by atoms with E-state index in [0.29, 0.717) is 19.1 Å². The molecular formula is C10H20N2O2. The second-order valence-electron chi connectivity index (χ2n) is 3.84. The Kier molecular flexibility index (Phi) is 4.90. The lowest BCUT2D eigenvalue weighted by atomic mass is 9.93. The number of hydrogen-bond acceptors (Lipinski definition) is 3. The zero-order valence-corrected chi connectivity index (χ0v) is 8.75. The zero-order chi connectivity index (χ0) is 10.4. The smallest absolute Gasteiger partial charge is 0.233 e. The lowest BCUT2D eigenvalue weighted by Crippen LogP contribution is -2.41. The predicted octanol–water partition coefficient (Wildman–Crippen LogP) is 0.0156. The van der Waals surface area contributed by atoms with Crippen LogP contribution < -0.4 is 10.6 Å². The standard InChI is InChI=1S/C10H20N2O2/c1-2-11-10(14)7-12-8-3-5-9(13)6-4-8/h8-9,12-13H,2-7H2,1H3,(H,11,14). The van der Waals surface area contributed by atoms with Crippen molar-refractivity contribution in [3.05, 3.63) is 0 Å². The monoisotopic (exact) mass is 200 g/mol. The molecule has 1 rings (SSSR count). The summed E-state index contributed by atoms with van der Waals surface area (Å²) in [6, 6.07) is 0.404. The molecule has 0 bridgehead atoms. The number of likely N-dealkylation sites (N-methyl/N-ethyl adjacent to an activating group) is 1. The quantitative estimate of drug-likeness (QED) is 0.599. The number of carbonyl (C=O) groups is 1. The van der Waals surface area contributed by atoms with E-state index in [-0.39, 0.29) is 12.0 Å². The Balaban J connectivity index is 2.09. The van der Waals surface area contributed by atoms with Crippen molar-refractivity contribution in [3.63, 3.8) is 0 Å². The maximum Gasteiger partial charge on any atom is 0.233 e. The van der Waals surface area contributed by atoms with Gasteiger partial charge in [-0.1, -0.05) is 0 Å². The Morgan fingerprint density at radius 2 is 2.00 bits per heavy atom. The number of aliphatic hydroxyl groups excluding tert-OH is 1. The molecule has 0 atom stereocenters. The molecular weight excluding hydrogens is 180 g/mol. The van der Waals surface area contributed by atoms with Crippen molar-refractivity contribution in [2.75, 3.05) is 13.1 Å². The number of rotatable bonds is 4. The molecule has 4 heteroatoms. The van der Waals surface area contributed by atoms with Crippen LogP contribution in [-0.4, -0.2) is 36.2 Å². The van der Waals surface area contributed by atoms with Gasteiger partial charge in [0.2, 0.25) is 5.91 Å². The molecule has 0 aliphatic heterocycles. The summed E-state index contributed by atoms with van der Waals surface area (Å²) in [6.45, 7) is 2.99. The molecule has 0 heterocycles. The molecule has 1 aliphatic carbocycles. The van der Waals surface area contributed by atoms with E-state index in [2.05, 4.69) is 10.6 Å². The minimum Gasteiger partial charge on any atom is -0.393 e. The summed E-state index contributed by atoms with van der Waals surface area (Å²) in [4.78, 5) is 11.1. The van der Waals surface area contributed by atoms with Crippen LogP contribution in [0.1, 0.15) is 32.6 Å². The number of hydrogen-bond donors (Lipinski definition) is 3. The first-order chi connectivity index (χ1) is 6.72. The van der Waals surface area contributed by atoms with E-state index in [1.165, 1.54) is 0 Å². The molecule has 0 spiro atoms. The Bertz CT molecular complexity index is 177. The van der Waals surface area contributed by atoms with Crippen LogP contribution in [0.15, 0.2) is 0 Å². The highest BCUT2D eigenvalue weighted by Gasteiger charge is 2.19. The van der Waals surface area contributed by atoms with Crippen LogP contribution >= 0.6 is 0 Å². The van der Waals surface area contributed by atoms with Crippen molar-refractivity contribution < 1.29 is 9.90 Å². The Labute approximate surface area is 85.1 Å². The molecule has 0 saturated heterocycles. The van der Waals surface area contributed by atoms with Crippen LogP contribution in [0.2, 0.25) is 0 Å². The van der Waals surface area contributed by atoms with Crippen molar-refractivity contribution in [1.82, 2.24) is 10.6 Å². The van der Waals surface area contributed by atoms with Crippen LogP contribution in [0.25, 0.3) is 0 Å². The fourth-order valence-electron chi connectivity index (χ4n) is 1.78. The second-order valence-corrected chi connectivity index (χ2v) is 3.84. The van der Waals surface area contributed by atoms with E-state index in [1.54, 1.807) is 0 Å². The Morgan fingerprint density at radius 3 is 2.57 bits per heavy atom. The molecule has 0 unspecified atom stereocenters. The number of carbonyl (C=O) groups excluding carboxylic acids is 1. The minimum atomic E-state index is -0.127. The van der Waals surface area contributed by atoms with Gasteiger partial charge in [0.05, 0.1) is 12.6 Å². The normalized spacial score (nSPS) is 27.3. The summed E-state index contributed by atoms with van der Waals surface area (Å²) in [5, 5.41) is 15.2. The first kappa shape index (κ1) is 11.5. The predicted molar refractivity (Wildman–Crippen MR) is 54.9 cm³/mol. The van der Waals surface area contributed by atoms with Gasteiger partial charge in [-0.2, -0.15) is 0 Å². The maximum absolute atomic E-state index is 11.1. The fraction of sp³-hybridized carbons (Fsp3) is 0.900. The average Bonchev–Trinajstić information content (AvgIpc) is 2.17. The van der Waals surface area contributed by atoms with Crippen LogP contribution in [0, 0.1) is 0 Å². The van der Waals surface area contributed by atoms with Crippen LogP contribution in [-0.2, 0) is 4.79 Å². The van der Waals surface area contributed by atoms with Gasteiger partial charge in [-0.15, -0.1) is 0 Å². The molecule has 1 amide bonds. The third-order valence-electron chi connectivity index (χ3n) is 2.62. The van der Waals surface area contributed by atoms with Gasteiger partial charge in [0.1, 0.15) is 0 Å². The lowest BCUT2D eigenvalue weighted by Gasteiger charge is -2.25. The van der Waals surface area contributed by atoms with Crippen molar-refractivity contribution in [2.24, 2.45) is 0 Å². The van der Waals surface area contributed by atoms with E-state index in [1.807, 2.05) is 6.92 Å². The van der Waals surface area contributed by atoms with Crippen molar-refractivity contribution in [3.8, 4) is 0 Å². The van der Waals surface area contributed by atoms with Gasteiger partial charge in [0, 0.05) is 12.6 Å². The summed E-state index contributed by atoms with van der Waals surface area (Å²) in [5.74, 6) is 0.0543. The molecule has 82 valence electrons. The molecule has 0 radical (unpaired) electrons. The van der Waals surface area contributed by atoms with Gasteiger partial charge >= 0.3 is 0 Å². The molecule has 0 aromatic carbocycles. The van der Waals surface area contributed by atoms with Crippen molar-refractivity contribution >= 4 is 5.91 Å². The highest BCUT2D eigenvalue weighted by Crippen LogP contribution is 2.17. The average molecular weight is 200 g/mol. The summed E-state index contributed by atoms with van der Waals surface area (Å²) < 4.78 is 0. The van der Waals surface area contributed by atoms with Crippen molar-refractivity contribution in [1.29, 1.82) is 0 Å². The molecule has 0 aromatic heterocycles. The molecule has 4 nitrogen and oxygen atoms in total. The third-order valence-corrected chi connectivity index (χ3v) is 2.62. The van der Waals surface area contributed by atoms with Gasteiger partial charge in [0.15, 0.2) is 0 Å². The van der Waals surface area contributed by atoms with Gasteiger partial charge in [-0.25, -0.2) is 0 Å². The number of nitrogens with one attached hydrogen (secondary N) is 2. The lowest BCUT2D eigenvalue weighted by molar-refractivity contribution is -0.120. The minimum absolute atomic E-state index is 0.0543. The summed E-state index contributed by atoms with van der Waals surface area (Å²) in [6.07, 6.45) is 3.53. The van der Waals surface area contributed by atoms with Gasteiger partial charge in [-0.3, -0.25) is 4.79 Å². The van der Waals surface area contributed by atoms with Crippen LogP contribution in [0.4, 0.5) is 0 Å². The SMILES string of the molecule is CCNC(=O)CNC1CCC(O)CC1. The van der Waals surface area contributed by atoms with Crippen LogP contribution in [0.3, 0.4) is 0 Å². The van der Waals surface area contributed by atoms with Gasteiger partial charge in [-0.05, 0) is 32.6 Å². The van der Waals surface area contributed by atoms with Crippen molar-refractivity contribution in [2.45, 2.75) is 44.8 Å². The highest BCUT2D eigenvalue weighted by molar-refractivity contribution is 5.77. The van der Waals surface area contributed by atoms with Gasteiger partial charge in [0.25, 0.3) is 0 Å². The topological polar surface area (TPSA) is 61.4 Å². The summed E-state index contributed by atoms with van der Waals surface area (Å²) >= 11 is 0. The van der Waals surface area contributed by atoms with E-state index in [9.17, 15) is 9.90 Å². The summed E-state index contributed by atoms with van der Waals surface area (Å²) in [7, 11) is 0. The first-order valence-electron chi connectivity index (χ1n) is 5.40. The summed E-state index contributed by atoms with van der Waals surface area (Å²) in [5.41, 5.74) is 0. The molecule has 0 aromatic rings. The van der Waals surface area contributed by atoms with E-state index >= 15 is 0 Å². The molecule has 1 aliphatic rings. The Morgan fingerprint density at radius 1 is 1.36 bits per heavy atom. The molecule has 14 heavy (non-hydrogen) atoms. The number of aliphatic hydroxyl groups is 1. The number of amides is 1.